The highest BCUT2D eigenvalue weighted by molar-refractivity contribution is 5.92. The van der Waals surface area contributed by atoms with Crippen molar-refractivity contribution in [3.63, 3.8) is 0 Å². The summed E-state index contributed by atoms with van der Waals surface area (Å²) in [5.41, 5.74) is 1.35. The van der Waals surface area contributed by atoms with Crippen LogP contribution in [0.5, 0.6) is 5.75 Å². The van der Waals surface area contributed by atoms with Crippen LogP contribution in [0, 0.1) is 0 Å². The van der Waals surface area contributed by atoms with Gasteiger partial charge in [0.05, 0.1) is 5.69 Å². The second-order valence-electron chi connectivity index (χ2n) is 5.76. The van der Waals surface area contributed by atoms with Gasteiger partial charge in [0.1, 0.15) is 5.75 Å². The summed E-state index contributed by atoms with van der Waals surface area (Å²) in [5.74, 6) is -0.388. The van der Waals surface area contributed by atoms with Crippen molar-refractivity contribution in [1.29, 1.82) is 0 Å². The van der Waals surface area contributed by atoms with Crippen molar-refractivity contribution < 1.29 is 14.7 Å². The summed E-state index contributed by atoms with van der Waals surface area (Å²) in [6, 6.07) is 5.18. The third kappa shape index (κ3) is 4.91. The van der Waals surface area contributed by atoms with Crippen LogP contribution in [0.1, 0.15) is 39.7 Å². The normalized spacial score (nSPS) is 11.0. The highest BCUT2D eigenvalue weighted by Gasteiger charge is 2.16. The van der Waals surface area contributed by atoms with Crippen LogP contribution in [0.3, 0.4) is 0 Å². The smallest absolute Gasteiger partial charge is 0.226 e. The Balaban J connectivity index is 2.71. The van der Waals surface area contributed by atoms with Gasteiger partial charge in [-0.25, -0.2) is 0 Å². The van der Waals surface area contributed by atoms with E-state index < -0.39 is 0 Å². The molecule has 5 nitrogen and oxygen atoms in total. The van der Waals surface area contributed by atoms with Gasteiger partial charge in [0.25, 0.3) is 0 Å². The molecule has 1 aromatic carbocycles. The fourth-order valence-electron chi connectivity index (χ4n) is 1.67. The molecule has 1 aromatic rings. The molecule has 20 heavy (non-hydrogen) atoms. The van der Waals surface area contributed by atoms with Crippen molar-refractivity contribution in [1.82, 2.24) is 5.32 Å². The van der Waals surface area contributed by atoms with E-state index in [-0.39, 0.29) is 35.9 Å². The maximum atomic E-state index is 11.7. The number of benzene rings is 1. The minimum Gasteiger partial charge on any atom is -0.506 e. The Labute approximate surface area is 119 Å². The third-order valence-corrected chi connectivity index (χ3v) is 2.86. The Morgan fingerprint density at radius 3 is 2.45 bits per heavy atom. The van der Waals surface area contributed by atoms with Gasteiger partial charge < -0.3 is 15.7 Å². The van der Waals surface area contributed by atoms with Gasteiger partial charge >= 0.3 is 0 Å². The summed E-state index contributed by atoms with van der Waals surface area (Å²) in [7, 11) is 0. The predicted octanol–water partition coefficient (Wildman–Crippen LogP) is 2.15. The lowest BCUT2D eigenvalue weighted by atomic mass is 9.87. The molecule has 0 atom stereocenters. The van der Waals surface area contributed by atoms with E-state index in [0.29, 0.717) is 5.69 Å². The molecule has 0 aromatic heterocycles. The first-order chi connectivity index (χ1) is 9.20. The molecule has 0 saturated carbocycles. The molecule has 0 radical (unpaired) electrons. The first-order valence-corrected chi connectivity index (χ1v) is 6.58. The van der Waals surface area contributed by atoms with E-state index >= 15 is 0 Å². The van der Waals surface area contributed by atoms with Crippen molar-refractivity contribution in [2.45, 2.75) is 39.5 Å². The van der Waals surface area contributed by atoms with Crippen LogP contribution in [0.15, 0.2) is 18.2 Å². The van der Waals surface area contributed by atoms with Crippen LogP contribution in [-0.2, 0) is 15.0 Å². The molecule has 0 heterocycles. The number of anilines is 1. The monoisotopic (exact) mass is 278 g/mol. The molecule has 3 N–H and O–H groups in total. The lowest BCUT2D eigenvalue weighted by Gasteiger charge is -2.20. The zero-order chi connectivity index (χ0) is 15.3. The van der Waals surface area contributed by atoms with Crippen LogP contribution in [-0.4, -0.2) is 23.5 Å². The topological polar surface area (TPSA) is 78.4 Å². The van der Waals surface area contributed by atoms with Crippen LogP contribution in [0.2, 0.25) is 0 Å². The molecule has 5 heteroatoms. The fourth-order valence-corrected chi connectivity index (χ4v) is 1.67. The quantitative estimate of drug-likeness (QED) is 0.738. The average Bonchev–Trinajstić information content (AvgIpc) is 2.30. The minimum atomic E-state index is -0.250. The maximum absolute atomic E-state index is 11.7. The Morgan fingerprint density at radius 1 is 1.25 bits per heavy atom. The van der Waals surface area contributed by atoms with Gasteiger partial charge in [-0.2, -0.15) is 0 Å². The highest BCUT2D eigenvalue weighted by Crippen LogP contribution is 2.30. The molecule has 0 bridgehead atoms. The summed E-state index contributed by atoms with van der Waals surface area (Å²) in [4.78, 5) is 22.4. The number of aromatic hydroxyl groups is 1. The van der Waals surface area contributed by atoms with Crippen molar-refractivity contribution in [3.8, 4) is 5.75 Å². The van der Waals surface area contributed by atoms with Crippen molar-refractivity contribution in [2.75, 3.05) is 11.9 Å². The second-order valence-corrected chi connectivity index (χ2v) is 5.76. The van der Waals surface area contributed by atoms with Gasteiger partial charge in [0.15, 0.2) is 0 Å². The zero-order valence-corrected chi connectivity index (χ0v) is 12.4. The number of carbonyl (C=O) groups is 2. The van der Waals surface area contributed by atoms with Crippen LogP contribution in [0.25, 0.3) is 0 Å². The van der Waals surface area contributed by atoms with Crippen molar-refractivity contribution >= 4 is 17.5 Å². The van der Waals surface area contributed by atoms with Crippen LogP contribution in [0.4, 0.5) is 5.69 Å². The molecular weight excluding hydrogens is 256 g/mol. The van der Waals surface area contributed by atoms with Crippen LogP contribution >= 0.6 is 0 Å². The minimum absolute atomic E-state index is 0.0332. The Kier molecular flexibility index (Phi) is 5.13. The van der Waals surface area contributed by atoms with Gasteiger partial charge in [0, 0.05) is 19.9 Å². The third-order valence-electron chi connectivity index (χ3n) is 2.86. The van der Waals surface area contributed by atoms with Gasteiger partial charge in [0.2, 0.25) is 11.8 Å². The lowest BCUT2D eigenvalue weighted by Crippen LogP contribution is -2.25. The van der Waals surface area contributed by atoms with E-state index in [1.165, 1.54) is 6.92 Å². The number of hydrogen-bond acceptors (Lipinski definition) is 3. The Morgan fingerprint density at radius 2 is 1.90 bits per heavy atom. The Hall–Kier alpha value is -2.04. The molecule has 1 rings (SSSR count). The number of amides is 2. The van der Waals surface area contributed by atoms with Gasteiger partial charge in [-0.05, 0) is 23.1 Å². The highest BCUT2D eigenvalue weighted by atomic mass is 16.3. The largest absolute Gasteiger partial charge is 0.506 e. The average molecular weight is 278 g/mol. The van der Waals surface area contributed by atoms with Crippen molar-refractivity contribution in [3.05, 3.63) is 23.8 Å². The van der Waals surface area contributed by atoms with E-state index in [4.69, 9.17) is 0 Å². The number of carbonyl (C=O) groups excluding carboxylic acids is 2. The van der Waals surface area contributed by atoms with E-state index in [2.05, 4.69) is 31.4 Å². The number of rotatable bonds is 4. The summed E-state index contributed by atoms with van der Waals surface area (Å²) in [5, 5.41) is 15.0. The second kappa shape index (κ2) is 6.41. The van der Waals surface area contributed by atoms with E-state index in [9.17, 15) is 14.7 Å². The molecule has 0 aliphatic heterocycles. The SMILES string of the molecule is CC(=O)NCCC(=O)Nc1cc(C(C)(C)C)ccc1O. The number of hydrogen-bond donors (Lipinski definition) is 3. The van der Waals surface area contributed by atoms with Crippen molar-refractivity contribution in [2.24, 2.45) is 0 Å². The van der Waals surface area contributed by atoms with E-state index in [0.717, 1.165) is 5.56 Å². The molecule has 0 aliphatic carbocycles. The molecule has 0 unspecified atom stereocenters. The van der Waals surface area contributed by atoms with E-state index in [1.807, 2.05) is 6.07 Å². The number of phenols is 1. The first kappa shape index (κ1) is 16.0. The molecule has 0 spiro atoms. The van der Waals surface area contributed by atoms with Gasteiger partial charge in [-0.3, -0.25) is 9.59 Å². The molecule has 0 fully saturated rings. The summed E-state index contributed by atoms with van der Waals surface area (Å²) < 4.78 is 0. The Bertz CT molecular complexity index is 504. The molecule has 0 saturated heterocycles. The number of nitrogens with one attached hydrogen (secondary N) is 2. The van der Waals surface area contributed by atoms with Gasteiger partial charge in [-0.1, -0.05) is 26.8 Å². The summed E-state index contributed by atoms with van der Waals surface area (Å²) in [6.07, 6.45) is 0.165. The fraction of sp³-hybridized carbons (Fsp3) is 0.467. The van der Waals surface area contributed by atoms with Gasteiger partial charge in [-0.15, -0.1) is 0 Å². The lowest BCUT2D eigenvalue weighted by molar-refractivity contribution is -0.119. The molecule has 110 valence electrons. The summed E-state index contributed by atoms with van der Waals surface area (Å²) >= 11 is 0. The molecule has 2 amide bonds. The zero-order valence-electron chi connectivity index (χ0n) is 12.4. The maximum Gasteiger partial charge on any atom is 0.226 e. The van der Waals surface area contributed by atoms with E-state index in [1.54, 1.807) is 12.1 Å². The predicted molar refractivity (Wildman–Crippen MR) is 78.7 cm³/mol. The van der Waals surface area contributed by atoms with Crippen LogP contribution < -0.4 is 10.6 Å². The molecule has 0 aliphatic rings. The summed E-state index contributed by atoms with van der Waals surface area (Å²) in [6.45, 7) is 7.85. The molecular formula is C15H22N2O3. The number of phenolic OH excluding ortho intramolecular Hbond substituents is 1. The standard InChI is InChI=1S/C15H22N2O3/c1-10(18)16-8-7-14(20)17-12-9-11(15(2,3)4)5-6-13(12)19/h5-6,9,19H,7-8H2,1-4H3,(H,16,18)(H,17,20). The first-order valence-electron chi connectivity index (χ1n) is 6.58.